The second kappa shape index (κ2) is 10.3. The highest BCUT2D eigenvalue weighted by molar-refractivity contribution is 7.91. The van der Waals surface area contributed by atoms with Crippen molar-refractivity contribution in [3.63, 3.8) is 0 Å². The molecule has 0 fully saturated rings. The van der Waals surface area contributed by atoms with Crippen molar-refractivity contribution in [2.75, 3.05) is 31.9 Å². The predicted octanol–water partition coefficient (Wildman–Crippen LogP) is 6.44. The molecule has 5 heteroatoms. The maximum atomic E-state index is 13.8. The molecule has 0 N–H and O–H groups in total. The molecule has 0 saturated heterocycles. The Kier molecular flexibility index (Phi) is 7.92. The maximum Gasteiger partial charge on any atom is 0.179 e. The second-order valence-electron chi connectivity index (χ2n) is 9.61. The highest BCUT2D eigenvalue weighted by atomic mass is 32.2. The normalized spacial score (nSPS) is 19.1. The van der Waals surface area contributed by atoms with Gasteiger partial charge in [-0.2, -0.15) is 0 Å². The average Bonchev–Trinajstić information content (AvgIpc) is 2.88. The van der Waals surface area contributed by atoms with Gasteiger partial charge in [0, 0.05) is 25.7 Å². The van der Waals surface area contributed by atoms with E-state index in [1.807, 2.05) is 43.3 Å². The summed E-state index contributed by atoms with van der Waals surface area (Å²) in [5.41, 5.74) is 2.94. The van der Waals surface area contributed by atoms with Crippen LogP contribution in [0.4, 0.5) is 5.69 Å². The fourth-order valence-electron chi connectivity index (χ4n) is 5.16. The van der Waals surface area contributed by atoms with Crippen LogP contribution in [0.3, 0.4) is 0 Å². The molecular formula is C27H39NO3S. The number of anilines is 1. The Balaban J connectivity index is 2.21. The number of ether oxygens (including phenoxy) is 1. The van der Waals surface area contributed by atoms with E-state index in [0.29, 0.717) is 4.90 Å². The van der Waals surface area contributed by atoms with Gasteiger partial charge in [-0.3, -0.25) is 0 Å². The Labute approximate surface area is 194 Å². The molecule has 1 atom stereocenters. The van der Waals surface area contributed by atoms with Crippen molar-refractivity contribution in [2.24, 2.45) is 5.41 Å². The topological polar surface area (TPSA) is 46.6 Å². The van der Waals surface area contributed by atoms with Gasteiger partial charge in [0.1, 0.15) is 5.75 Å². The molecule has 0 saturated carbocycles. The summed E-state index contributed by atoms with van der Waals surface area (Å²) in [4.78, 5) is 2.56. The SMILES string of the molecule is CCCCC1(CCCC)C[C@H](c2ccc(OC)cc2)c2cc(N(C)C)ccc2S(=O)(=O)C1. The van der Waals surface area contributed by atoms with Gasteiger partial charge in [-0.1, -0.05) is 51.7 Å². The third-order valence-corrected chi connectivity index (χ3v) is 9.03. The van der Waals surface area contributed by atoms with Crippen LogP contribution in [0.1, 0.15) is 75.8 Å². The maximum absolute atomic E-state index is 13.8. The summed E-state index contributed by atoms with van der Waals surface area (Å²) < 4.78 is 32.9. The van der Waals surface area contributed by atoms with Gasteiger partial charge in [0.2, 0.25) is 0 Å². The summed E-state index contributed by atoms with van der Waals surface area (Å²) in [5, 5.41) is 0. The third kappa shape index (κ3) is 5.31. The first-order chi connectivity index (χ1) is 15.2. The lowest BCUT2D eigenvalue weighted by Gasteiger charge is -2.35. The lowest BCUT2D eigenvalue weighted by atomic mass is 9.70. The summed E-state index contributed by atoms with van der Waals surface area (Å²) in [7, 11) is 2.29. The zero-order valence-corrected chi connectivity index (χ0v) is 21.2. The van der Waals surface area contributed by atoms with E-state index in [1.165, 1.54) is 0 Å². The highest BCUT2D eigenvalue weighted by Gasteiger charge is 2.42. The number of hydrogen-bond acceptors (Lipinski definition) is 4. The molecule has 0 spiro atoms. The molecule has 3 rings (SSSR count). The minimum Gasteiger partial charge on any atom is -0.497 e. The van der Waals surface area contributed by atoms with Crippen LogP contribution < -0.4 is 9.64 Å². The third-order valence-electron chi connectivity index (χ3n) is 6.99. The van der Waals surface area contributed by atoms with Crippen molar-refractivity contribution in [3.05, 3.63) is 53.6 Å². The van der Waals surface area contributed by atoms with Crippen molar-refractivity contribution in [2.45, 2.75) is 69.6 Å². The molecule has 0 unspecified atom stereocenters. The van der Waals surface area contributed by atoms with E-state index in [0.717, 1.165) is 67.5 Å². The van der Waals surface area contributed by atoms with Gasteiger partial charge in [-0.05, 0) is 66.1 Å². The number of hydrogen-bond donors (Lipinski definition) is 0. The molecule has 0 radical (unpaired) electrons. The van der Waals surface area contributed by atoms with Crippen LogP contribution in [-0.2, 0) is 9.84 Å². The number of methoxy groups -OCH3 is 1. The number of benzene rings is 2. The fraction of sp³-hybridized carbons (Fsp3) is 0.556. The van der Waals surface area contributed by atoms with Crippen LogP contribution in [0.2, 0.25) is 0 Å². The summed E-state index contributed by atoms with van der Waals surface area (Å²) in [6.07, 6.45) is 7.08. The second-order valence-corrected chi connectivity index (χ2v) is 11.6. The Morgan fingerprint density at radius 3 is 2.16 bits per heavy atom. The van der Waals surface area contributed by atoms with E-state index in [-0.39, 0.29) is 17.1 Å². The average molecular weight is 458 g/mol. The zero-order valence-electron chi connectivity index (χ0n) is 20.4. The molecule has 1 heterocycles. The van der Waals surface area contributed by atoms with Gasteiger partial charge >= 0.3 is 0 Å². The molecule has 176 valence electrons. The molecule has 1 aliphatic rings. The quantitative estimate of drug-likeness (QED) is 0.435. The number of sulfone groups is 1. The Bertz CT molecular complexity index is 988. The molecule has 0 aromatic heterocycles. The van der Waals surface area contributed by atoms with Crippen molar-refractivity contribution in [1.29, 1.82) is 0 Å². The minimum atomic E-state index is -3.39. The van der Waals surface area contributed by atoms with Gasteiger partial charge in [0.05, 0.1) is 17.8 Å². The molecule has 0 bridgehead atoms. The molecule has 2 aromatic carbocycles. The molecule has 1 aliphatic heterocycles. The van der Waals surface area contributed by atoms with E-state index < -0.39 is 9.84 Å². The van der Waals surface area contributed by atoms with Gasteiger partial charge in [-0.15, -0.1) is 0 Å². The van der Waals surface area contributed by atoms with Gasteiger partial charge < -0.3 is 9.64 Å². The fourth-order valence-corrected chi connectivity index (χ4v) is 7.37. The summed E-state index contributed by atoms with van der Waals surface area (Å²) in [6.45, 7) is 4.38. The lowest BCUT2D eigenvalue weighted by Crippen LogP contribution is -2.30. The largest absolute Gasteiger partial charge is 0.497 e. The van der Waals surface area contributed by atoms with Crippen LogP contribution >= 0.6 is 0 Å². The van der Waals surface area contributed by atoms with E-state index in [2.05, 4.69) is 32.0 Å². The summed E-state index contributed by atoms with van der Waals surface area (Å²) in [5.74, 6) is 1.11. The van der Waals surface area contributed by atoms with Crippen LogP contribution in [-0.4, -0.2) is 35.4 Å². The van der Waals surface area contributed by atoms with Crippen molar-refractivity contribution in [1.82, 2.24) is 0 Å². The monoisotopic (exact) mass is 457 g/mol. The minimum absolute atomic E-state index is 0.0433. The van der Waals surface area contributed by atoms with Crippen molar-refractivity contribution < 1.29 is 13.2 Å². The van der Waals surface area contributed by atoms with E-state index in [9.17, 15) is 8.42 Å². The lowest BCUT2D eigenvalue weighted by molar-refractivity contribution is 0.230. The van der Waals surface area contributed by atoms with E-state index in [1.54, 1.807) is 7.11 Å². The number of nitrogens with zero attached hydrogens (tertiary/aromatic N) is 1. The van der Waals surface area contributed by atoms with Gasteiger partial charge in [-0.25, -0.2) is 8.42 Å². The van der Waals surface area contributed by atoms with Crippen LogP contribution in [0.5, 0.6) is 5.75 Å². The van der Waals surface area contributed by atoms with E-state index in [4.69, 9.17) is 4.74 Å². The standard InChI is InChI=1S/C27H39NO3S/c1-6-8-16-27(17-9-7-2)19-25(21-10-13-23(31-5)14-11-21)24-18-22(28(3)4)12-15-26(24)32(29,30)20-27/h10-15,18,25H,6-9,16-17,19-20H2,1-5H3/t25-/m1/s1. The van der Waals surface area contributed by atoms with Crippen LogP contribution in [0.15, 0.2) is 47.4 Å². The first-order valence-corrected chi connectivity index (χ1v) is 13.6. The van der Waals surface area contributed by atoms with Crippen molar-refractivity contribution in [3.8, 4) is 5.75 Å². The molecule has 0 aliphatic carbocycles. The Hall–Kier alpha value is -2.01. The predicted molar refractivity (Wildman–Crippen MR) is 134 cm³/mol. The smallest absolute Gasteiger partial charge is 0.179 e. The molecular weight excluding hydrogens is 418 g/mol. The van der Waals surface area contributed by atoms with Crippen molar-refractivity contribution >= 4 is 15.5 Å². The Morgan fingerprint density at radius 2 is 1.62 bits per heavy atom. The number of rotatable bonds is 9. The number of unbranched alkanes of at least 4 members (excludes halogenated alkanes) is 2. The van der Waals surface area contributed by atoms with Crippen LogP contribution in [0.25, 0.3) is 0 Å². The first kappa shape index (κ1) is 24.6. The first-order valence-electron chi connectivity index (χ1n) is 11.9. The highest BCUT2D eigenvalue weighted by Crippen LogP contribution is 2.50. The van der Waals surface area contributed by atoms with E-state index >= 15 is 0 Å². The van der Waals surface area contributed by atoms with Gasteiger partial charge in [0.25, 0.3) is 0 Å². The zero-order chi connectivity index (χ0) is 23.4. The summed E-state index contributed by atoms with van der Waals surface area (Å²) in [6, 6.07) is 14.1. The van der Waals surface area contributed by atoms with Gasteiger partial charge in [0.15, 0.2) is 9.84 Å². The number of fused-ring (bicyclic) bond motifs is 1. The Morgan fingerprint density at radius 1 is 1.00 bits per heavy atom. The molecule has 0 amide bonds. The molecule has 2 aromatic rings. The summed E-state index contributed by atoms with van der Waals surface area (Å²) >= 11 is 0. The molecule has 4 nitrogen and oxygen atoms in total. The molecule has 32 heavy (non-hydrogen) atoms. The van der Waals surface area contributed by atoms with Crippen LogP contribution in [0, 0.1) is 5.41 Å².